The van der Waals surface area contributed by atoms with E-state index in [0.717, 1.165) is 35.5 Å². The summed E-state index contributed by atoms with van der Waals surface area (Å²) in [5.41, 5.74) is 4.02. The molecule has 2 N–H and O–H groups in total. The highest BCUT2D eigenvalue weighted by Gasteiger charge is 2.18. The van der Waals surface area contributed by atoms with Gasteiger partial charge in [-0.1, -0.05) is 18.2 Å². The lowest BCUT2D eigenvalue weighted by molar-refractivity contribution is -0.129. The molecule has 0 aromatic heterocycles. The van der Waals surface area contributed by atoms with Crippen molar-refractivity contribution in [1.82, 2.24) is 10.2 Å². The summed E-state index contributed by atoms with van der Waals surface area (Å²) in [7, 11) is 1.62. The number of urea groups is 1. The van der Waals surface area contributed by atoms with E-state index in [-0.39, 0.29) is 11.9 Å². The molecule has 3 amide bonds. The molecule has 6 nitrogen and oxygen atoms in total. The van der Waals surface area contributed by atoms with Crippen LogP contribution in [-0.2, 0) is 24.3 Å². The SMILES string of the molecule is COc1ccc(CNC(=O)Nc2ccc3c(c2)CN(C(C)=O)CC3)cc1. The number of carbonyl (C=O) groups is 2. The van der Waals surface area contributed by atoms with Crippen molar-refractivity contribution in [3.05, 3.63) is 59.2 Å². The predicted molar refractivity (Wildman–Crippen MR) is 100 cm³/mol. The Hall–Kier alpha value is -3.02. The van der Waals surface area contributed by atoms with Gasteiger partial charge in [-0.05, 0) is 47.4 Å². The monoisotopic (exact) mass is 353 g/mol. The van der Waals surface area contributed by atoms with Gasteiger partial charge in [0.25, 0.3) is 0 Å². The van der Waals surface area contributed by atoms with Gasteiger partial charge in [0.1, 0.15) is 5.75 Å². The van der Waals surface area contributed by atoms with Gasteiger partial charge in [-0.15, -0.1) is 0 Å². The Morgan fingerprint density at radius 1 is 1.12 bits per heavy atom. The number of nitrogens with one attached hydrogen (secondary N) is 2. The molecule has 0 radical (unpaired) electrons. The minimum absolute atomic E-state index is 0.0752. The minimum Gasteiger partial charge on any atom is -0.497 e. The van der Waals surface area contributed by atoms with Crippen LogP contribution in [0.3, 0.4) is 0 Å². The van der Waals surface area contributed by atoms with Crippen LogP contribution in [0.1, 0.15) is 23.6 Å². The normalized spacial score (nSPS) is 12.9. The van der Waals surface area contributed by atoms with Gasteiger partial charge in [0.15, 0.2) is 0 Å². The van der Waals surface area contributed by atoms with E-state index in [2.05, 4.69) is 10.6 Å². The molecule has 0 fully saturated rings. The van der Waals surface area contributed by atoms with Gasteiger partial charge in [0.2, 0.25) is 5.91 Å². The van der Waals surface area contributed by atoms with Crippen molar-refractivity contribution >= 4 is 17.6 Å². The van der Waals surface area contributed by atoms with Crippen LogP contribution in [0.4, 0.5) is 10.5 Å². The Kier molecular flexibility index (Phi) is 5.41. The molecule has 0 unspecified atom stereocenters. The van der Waals surface area contributed by atoms with Gasteiger partial charge < -0.3 is 20.3 Å². The molecule has 2 aromatic rings. The summed E-state index contributed by atoms with van der Waals surface area (Å²) in [4.78, 5) is 25.5. The van der Waals surface area contributed by atoms with E-state index in [1.165, 1.54) is 5.56 Å². The van der Waals surface area contributed by atoms with Crippen LogP contribution in [0.2, 0.25) is 0 Å². The van der Waals surface area contributed by atoms with Crippen molar-refractivity contribution in [2.24, 2.45) is 0 Å². The van der Waals surface area contributed by atoms with E-state index in [4.69, 9.17) is 4.74 Å². The van der Waals surface area contributed by atoms with Crippen molar-refractivity contribution in [2.45, 2.75) is 26.4 Å². The van der Waals surface area contributed by atoms with Crippen LogP contribution in [0.5, 0.6) is 5.75 Å². The summed E-state index contributed by atoms with van der Waals surface area (Å²) in [5.74, 6) is 0.859. The van der Waals surface area contributed by atoms with Gasteiger partial charge in [0, 0.05) is 32.2 Å². The molecule has 1 aliphatic heterocycles. The Morgan fingerprint density at radius 2 is 1.88 bits per heavy atom. The van der Waals surface area contributed by atoms with Crippen molar-refractivity contribution in [3.8, 4) is 5.75 Å². The van der Waals surface area contributed by atoms with E-state index in [0.29, 0.717) is 13.1 Å². The lowest BCUT2D eigenvalue weighted by Crippen LogP contribution is -2.34. The van der Waals surface area contributed by atoms with Crippen LogP contribution in [0.15, 0.2) is 42.5 Å². The Morgan fingerprint density at radius 3 is 2.58 bits per heavy atom. The third-order valence-electron chi connectivity index (χ3n) is 4.53. The number of ether oxygens (including phenoxy) is 1. The van der Waals surface area contributed by atoms with Crippen LogP contribution >= 0.6 is 0 Å². The number of methoxy groups -OCH3 is 1. The molecular weight excluding hydrogens is 330 g/mol. The molecule has 2 aromatic carbocycles. The zero-order valence-electron chi connectivity index (χ0n) is 15.0. The minimum atomic E-state index is -0.264. The second-order valence-electron chi connectivity index (χ2n) is 6.33. The van der Waals surface area contributed by atoms with Gasteiger partial charge in [0.05, 0.1) is 7.11 Å². The van der Waals surface area contributed by atoms with Crippen molar-refractivity contribution in [3.63, 3.8) is 0 Å². The summed E-state index contributed by atoms with van der Waals surface area (Å²) in [6, 6.07) is 13.1. The maximum atomic E-state index is 12.1. The average molecular weight is 353 g/mol. The van der Waals surface area contributed by atoms with E-state index < -0.39 is 0 Å². The Bertz CT molecular complexity index is 802. The number of carbonyl (C=O) groups excluding carboxylic acids is 2. The number of benzene rings is 2. The maximum Gasteiger partial charge on any atom is 0.319 e. The van der Waals surface area contributed by atoms with Crippen molar-refractivity contribution < 1.29 is 14.3 Å². The third kappa shape index (κ3) is 4.33. The summed E-state index contributed by atoms with van der Waals surface area (Å²) in [5, 5.41) is 5.69. The zero-order chi connectivity index (χ0) is 18.5. The van der Waals surface area contributed by atoms with Gasteiger partial charge >= 0.3 is 6.03 Å². The number of nitrogens with zero attached hydrogens (tertiary/aromatic N) is 1. The molecule has 1 aliphatic rings. The van der Waals surface area contributed by atoms with Crippen LogP contribution in [-0.4, -0.2) is 30.5 Å². The summed E-state index contributed by atoms with van der Waals surface area (Å²) in [6.45, 7) is 3.35. The Balaban J connectivity index is 1.57. The number of hydrogen-bond donors (Lipinski definition) is 2. The highest BCUT2D eigenvalue weighted by molar-refractivity contribution is 5.89. The molecule has 1 heterocycles. The fraction of sp³-hybridized carbons (Fsp3) is 0.300. The summed E-state index contributed by atoms with van der Waals surface area (Å²) in [6.07, 6.45) is 0.846. The third-order valence-corrected chi connectivity index (χ3v) is 4.53. The van der Waals surface area contributed by atoms with Crippen LogP contribution in [0.25, 0.3) is 0 Å². The average Bonchev–Trinajstić information content (AvgIpc) is 2.66. The summed E-state index contributed by atoms with van der Waals surface area (Å²) < 4.78 is 5.12. The van der Waals surface area contributed by atoms with Crippen molar-refractivity contribution in [1.29, 1.82) is 0 Å². The number of rotatable bonds is 4. The molecule has 0 spiro atoms. The van der Waals surface area contributed by atoms with Gasteiger partial charge in [-0.25, -0.2) is 4.79 Å². The second kappa shape index (κ2) is 7.91. The molecule has 0 saturated carbocycles. The van der Waals surface area contributed by atoms with Gasteiger partial charge in [-0.2, -0.15) is 0 Å². The first-order valence-electron chi connectivity index (χ1n) is 8.60. The van der Waals surface area contributed by atoms with E-state index in [1.807, 2.05) is 47.4 Å². The highest BCUT2D eigenvalue weighted by atomic mass is 16.5. The smallest absolute Gasteiger partial charge is 0.319 e. The Labute approximate surface area is 153 Å². The zero-order valence-corrected chi connectivity index (χ0v) is 15.0. The molecule has 0 atom stereocenters. The van der Waals surface area contributed by atoms with E-state index >= 15 is 0 Å². The molecule has 26 heavy (non-hydrogen) atoms. The molecule has 136 valence electrons. The number of fused-ring (bicyclic) bond motifs is 1. The maximum absolute atomic E-state index is 12.1. The van der Waals surface area contributed by atoms with Gasteiger partial charge in [-0.3, -0.25) is 4.79 Å². The highest BCUT2D eigenvalue weighted by Crippen LogP contribution is 2.22. The lowest BCUT2D eigenvalue weighted by Gasteiger charge is -2.28. The first-order chi connectivity index (χ1) is 12.5. The van der Waals surface area contributed by atoms with E-state index in [9.17, 15) is 9.59 Å². The number of anilines is 1. The first-order valence-corrected chi connectivity index (χ1v) is 8.60. The standard InChI is InChI=1S/C20H23N3O3/c1-14(24)23-10-9-16-5-6-18(11-17(16)13-23)22-20(25)21-12-15-3-7-19(26-2)8-4-15/h3-8,11H,9-10,12-13H2,1-2H3,(H2,21,22,25). The number of hydrogen-bond acceptors (Lipinski definition) is 3. The quantitative estimate of drug-likeness (QED) is 0.888. The lowest BCUT2D eigenvalue weighted by atomic mass is 9.99. The summed E-state index contributed by atoms with van der Waals surface area (Å²) >= 11 is 0. The topological polar surface area (TPSA) is 70.7 Å². The molecule has 3 rings (SSSR count). The molecule has 6 heteroatoms. The second-order valence-corrected chi connectivity index (χ2v) is 6.33. The molecule has 0 bridgehead atoms. The van der Waals surface area contributed by atoms with Crippen LogP contribution in [0, 0.1) is 0 Å². The number of amides is 3. The van der Waals surface area contributed by atoms with E-state index in [1.54, 1.807) is 14.0 Å². The predicted octanol–water partition coefficient (Wildman–Crippen LogP) is 2.92. The first kappa shape index (κ1) is 17.8. The molecular formula is C20H23N3O3. The molecule has 0 saturated heterocycles. The molecule has 0 aliphatic carbocycles. The fourth-order valence-electron chi connectivity index (χ4n) is 3.00. The fourth-order valence-corrected chi connectivity index (χ4v) is 3.00. The largest absolute Gasteiger partial charge is 0.497 e. The van der Waals surface area contributed by atoms with Crippen molar-refractivity contribution in [2.75, 3.05) is 19.0 Å². The van der Waals surface area contributed by atoms with Crippen LogP contribution < -0.4 is 15.4 Å².